The molecule has 10 nitrogen and oxygen atoms in total. The zero-order valence-electron chi connectivity index (χ0n) is 24.5. The van der Waals surface area contributed by atoms with Gasteiger partial charge in [-0.05, 0) is 55.3 Å². The summed E-state index contributed by atoms with van der Waals surface area (Å²) >= 11 is 6.12. The molecule has 5 N–H and O–H groups in total. The predicted octanol–water partition coefficient (Wildman–Crippen LogP) is 5.52. The highest BCUT2D eigenvalue weighted by molar-refractivity contribution is 6.34. The van der Waals surface area contributed by atoms with Gasteiger partial charge in [0.2, 0.25) is 5.91 Å². The number of alkyl halides is 3. The van der Waals surface area contributed by atoms with Gasteiger partial charge in [0.25, 0.3) is 11.8 Å². The van der Waals surface area contributed by atoms with E-state index in [1.54, 1.807) is 0 Å². The number of nitrogens with one attached hydrogen (secondary N) is 2. The van der Waals surface area contributed by atoms with Crippen LogP contribution in [0.3, 0.4) is 0 Å². The molecule has 4 rings (SSSR count). The summed E-state index contributed by atoms with van der Waals surface area (Å²) in [5.41, 5.74) is 4.08. The fourth-order valence-electron chi connectivity index (χ4n) is 4.83. The van der Waals surface area contributed by atoms with Crippen molar-refractivity contribution in [3.63, 3.8) is 0 Å². The van der Waals surface area contributed by atoms with Crippen LogP contribution < -0.4 is 16.4 Å². The Labute approximate surface area is 266 Å². The molecular formula is C32H31ClF3N5O5. The van der Waals surface area contributed by atoms with Gasteiger partial charge in [0.1, 0.15) is 5.69 Å². The third-order valence-corrected chi connectivity index (χ3v) is 7.47. The van der Waals surface area contributed by atoms with Gasteiger partial charge in [-0.25, -0.2) is 4.79 Å². The Morgan fingerprint density at radius 3 is 2.17 bits per heavy atom. The summed E-state index contributed by atoms with van der Waals surface area (Å²) in [5, 5.41) is 19.1. The number of hydrogen-bond donors (Lipinski definition) is 4. The zero-order chi connectivity index (χ0) is 33.4. The highest BCUT2D eigenvalue weighted by Crippen LogP contribution is 2.37. The number of aromatic nitrogens is 2. The lowest BCUT2D eigenvalue weighted by Gasteiger charge is -2.13. The maximum atomic E-state index is 13.9. The van der Waals surface area contributed by atoms with Gasteiger partial charge in [0.15, 0.2) is 0 Å². The Morgan fingerprint density at radius 2 is 1.54 bits per heavy atom. The predicted molar refractivity (Wildman–Crippen MR) is 166 cm³/mol. The van der Waals surface area contributed by atoms with Crippen molar-refractivity contribution in [1.29, 1.82) is 0 Å². The topological polar surface area (TPSA) is 156 Å². The minimum atomic E-state index is -4.89. The maximum Gasteiger partial charge on any atom is 0.417 e. The van der Waals surface area contributed by atoms with Gasteiger partial charge in [0.05, 0.1) is 27.2 Å². The Hall–Kier alpha value is -4.75. The summed E-state index contributed by atoms with van der Waals surface area (Å²) < 4.78 is 42.5. The van der Waals surface area contributed by atoms with Gasteiger partial charge in [-0.15, -0.1) is 0 Å². The molecule has 0 unspecified atom stereocenters. The lowest BCUT2D eigenvalue weighted by Crippen LogP contribution is -2.26. The second kappa shape index (κ2) is 15.0. The fraction of sp³-hybridized carbons (Fsp3) is 0.281. The number of carbonyl (C=O) groups is 4. The molecule has 14 heteroatoms. The van der Waals surface area contributed by atoms with Gasteiger partial charge in [-0.3, -0.25) is 14.4 Å². The average molecular weight is 658 g/mol. The van der Waals surface area contributed by atoms with Crippen molar-refractivity contribution in [1.82, 2.24) is 20.4 Å². The molecule has 1 aromatic heterocycles. The van der Waals surface area contributed by atoms with E-state index in [1.165, 1.54) is 42.5 Å². The molecule has 0 saturated heterocycles. The van der Waals surface area contributed by atoms with Crippen LogP contribution in [0.1, 0.15) is 68.7 Å². The molecule has 0 atom stereocenters. The standard InChI is InChI=1S/C32H31ClF3N5O5/c33-24-7-5-6-23(32(34,35)36)27(24)30(44)41-25-18-21(29(43)39-17-4-2-1-3-16-38-26(42)14-15-37)12-13-22(25)28(40-41)19-8-10-20(11-9-19)31(45)46/h5-13,18H,1-4,14-17,37H2,(H,38,42)(H,39,43)(H,45,46). The second-order valence-electron chi connectivity index (χ2n) is 10.4. The van der Waals surface area contributed by atoms with Crippen molar-refractivity contribution in [2.45, 2.75) is 38.3 Å². The number of nitrogens with zero attached hydrogens (tertiary/aromatic N) is 2. The van der Waals surface area contributed by atoms with Crippen LogP contribution in [-0.2, 0) is 11.0 Å². The molecule has 0 bridgehead atoms. The number of unbranched alkanes of at least 4 members (excludes halogenated alkanes) is 3. The first kappa shape index (κ1) is 34.1. The summed E-state index contributed by atoms with van der Waals surface area (Å²) in [6.45, 7) is 1.19. The molecule has 2 amide bonds. The summed E-state index contributed by atoms with van der Waals surface area (Å²) in [7, 11) is 0. The van der Waals surface area contributed by atoms with E-state index in [2.05, 4.69) is 15.7 Å². The minimum Gasteiger partial charge on any atom is -0.478 e. The number of amides is 2. The van der Waals surface area contributed by atoms with E-state index in [0.29, 0.717) is 37.0 Å². The normalized spacial score (nSPS) is 11.4. The van der Waals surface area contributed by atoms with Crippen molar-refractivity contribution >= 4 is 46.2 Å². The number of benzene rings is 3. The molecule has 0 aliphatic carbocycles. The monoisotopic (exact) mass is 657 g/mol. The van der Waals surface area contributed by atoms with E-state index < -0.39 is 40.1 Å². The molecule has 0 aliphatic heterocycles. The molecule has 242 valence electrons. The van der Waals surface area contributed by atoms with Crippen LogP contribution in [0.2, 0.25) is 5.02 Å². The Kier molecular flexibility index (Phi) is 11.1. The minimum absolute atomic E-state index is 0.00249. The highest BCUT2D eigenvalue weighted by atomic mass is 35.5. The molecule has 1 heterocycles. The highest BCUT2D eigenvalue weighted by Gasteiger charge is 2.37. The summed E-state index contributed by atoms with van der Waals surface area (Å²) in [6, 6.07) is 13.0. The molecule has 0 spiro atoms. The molecule has 4 aromatic rings. The van der Waals surface area contributed by atoms with E-state index in [-0.39, 0.29) is 34.7 Å². The number of hydrogen-bond acceptors (Lipinski definition) is 6. The number of rotatable bonds is 13. The molecule has 0 fully saturated rings. The van der Waals surface area contributed by atoms with Crippen LogP contribution in [0.5, 0.6) is 0 Å². The molecule has 0 saturated carbocycles. The first-order chi connectivity index (χ1) is 21.9. The Bertz CT molecular complexity index is 1760. The van der Waals surface area contributed by atoms with Crippen molar-refractivity contribution in [2.75, 3.05) is 19.6 Å². The van der Waals surface area contributed by atoms with Crippen molar-refractivity contribution in [3.05, 3.63) is 87.9 Å². The summed E-state index contributed by atoms with van der Waals surface area (Å²) in [4.78, 5) is 49.5. The van der Waals surface area contributed by atoms with Crippen molar-refractivity contribution in [3.8, 4) is 11.3 Å². The lowest BCUT2D eigenvalue weighted by molar-refractivity contribution is -0.138. The lowest BCUT2D eigenvalue weighted by atomic mass is 10.0. The fourth-order valence-corrected chi connectivity index (χ4v) is 5.09. The Morgan fingerprint density at radius 1 is 0.891 bits per heavy atom. The van der Waals surface area contributed by atoms with Gasteiger partial charge >= 0.3 is 12.1 Å². The van der Waals surface area contributed by atoms with Gasteiger partial charge in [0, 0.05) is 42.6 Å². The van der Waals surface area contributed by atoms with E-state index >= 15 is 0 Å². The number of aromatic carboxylic acids is 1. The number of halogens is 4. The number of carbonyl (C=O) groups excluding carboxylic acids is 3. The van der Waals surface area contributed by atoms with Crippen LogP contribution in [0, 0.1) is 0 Å². The van der Waals surface area contributed by atoms with Crippen LogP contribution in [-0.4, -0.2) is 58.2 Å². The maximum absolute atomic E-state index is 13.9. The molecule has 3 aromatic carbocycles. The van der Waals surface area contributed by atoms with Crippen LogP contribution in [0.15, 0.2) is 60.7 Å². The van der Waals surface area contributed by atoms with E-state index in [4.69, 9.17) is 17.3 Å². The van der Waals surface area contributed by atoms with Gasteiger partial charge in [-0.2, -0.15) is 23.0 Å². The first-order valence-corrected chi connectivity index (χ1v) is 14.8. The SMILES string of the molecule is NCCC(=O)NCCCCCCNC(=O)c1ccc2c(-c3ccc(C(=O)O)cc3)nn(C(=O)c3c(Cl)cccc3C(F)(F)F)c2c1. The molecule has 46 heavy (non-hydrogen) atoms. The van der Waals surface area contributed by atoms with Gasteiger partial charge < -0.3 is 21.5 Å². The molecular weight excluding hydrogens is 627 g/mol. The average Bonchev–Trinajstić information content (AvgIpc) is 3.40. The summed E-state index contributed by atoms with van der Waals surface area (Å²) in [5.74, 6) is -2.87. The smallest absolute Gasteiger partial charge is 0.417 e. The summed E-state index contributed by atoms with van der Waals surface area (Å²) in [6.07, 6.45) is -1.52. The number of carboxylic acids is 1. The zero-order valence-corrected chi connectivity index (χ0v) is 25.3. The van der Waals surface area contributed by atoms with E-state index in [1.807, 2.05) is 0 Å². The third-order valence-electron chi connectivity index (χ3n) is 7.16. The van der Waals surface area contributed by atoms with Crippen LogP contribution in [0.25, 0.3) is 22.2 Å². The number of fused-ring (bicyclic) bond motifs is 1. The van der Waals surface area contributed by atoms with Crippen molar-refractivity contribution < 1.29 is 37.5 Å². The largest absolute Gasteiger partial charge is 0.478 e. The van der Waals surface area contributed by atoms with Crippen LogP contribution >= 0.6 is 11.6 Å². The van der Waals surface area contributed by atoms with E-state index in [9.17, 15) is 37.5 Å². The molecule has 0 radical (unpaired) electrons. The number of nitrogens with two attached hydrogens (primary N) is 1. The quantitative estimate of drug-likeness (QED) is 0.138. The van der Waals surface area contributed by atoms with Gasteiger partial charge in [-0.1, -0.05) is 42.6 Å². The first-order valence-electron chi connectivity index (χ1n) is 14.4. The van der Waals surface area contributed by atoms with E-state index in [0.717, 1.165) is 42.1 Å². The second-order valence-corrected chi connectivity index (χ2v) is 10.8. The van der Waals surface area contributed by atoms with Crippen LogP contribution in [0.4, 0.5) is 13.2 Å². The third kappa shape index (κ3) is 8.09. The Balaban J connectivity index is 1.60. The van der Waals surface area contributed by atoms with Crippen molar-refractivity contribution in [2.24, 2.45) is 5.73 Å². The number of carboxylic acid groups (broad SMARTS) is 1. The molecule has 0 aliphatic rings.